The summed E-state index contributed by atoms with van der Waals surface area (Å²) in [6, 6.07) is 13.7. The maximum Gasteiger partial charge on any atom is 0.420 e. The molecule has 1 aliphatic heterocycles. The number of amides is 1. The van der Waals surface area contributed by atoms with Gasteiger partial charge in [0.25, 0.3) is 15.9 Å². The van der Waals surface area contributed by atoms with Crippen molar-refractivity contribution in [3.05, 3.63) is 83.4 Å². The standard InChI is InChI=1S/C36H38F2N4O8S2/c1-36(2,3)50-35(44)42-30(17-22-9-7-11-27(38)32(22)42)52(47,48)41-16-8-10-23(20-41)25-18-26-29(19-28(25)40(5)51(6,45)46)49-33(31(26)34(43)39-4)21-12-14-24(37)15-13-21/h7,9,11-15,17-19,23H,8,10,16,20H2,1-6H3,(H,39,43)/t23-/m1/s1. The van der Waals surface area contributed by atoms with Crippen molar-refractivity contribution in [1.29, 1.82) is 0 Å². The van der Waals surface area contributed by atoms with Crippen LogP contribution in [-0.4, -0.2) is 76.8 Å². The summed E-state index contributed by atoms with van der Waals surface area (Å²) >= 11 is 0. The van der Waals surface area contributed by atoms with Crippen LogP contribution in [0.15, 0.2) is 70.1 Å². The van der Waals surface area contributed by atoms with Crippen molar-refractivity contribution >= 4 is 59.6 Å². The van der Waals surface area contributed by atoms with E-state index in [9.17, 15) is 30.8 Å². The number of nitrogens with zero attached hydrogens (tertiary/aromatic N) is 3. The van der Waals surface area contributed by atoms with E-state index < -0.39 is 60.2 Å². The van der Waals surface area contributed by atoms with Crippen LogP contribution in [0.25, 0.3) is 33.2 Å². The number of hydrogen-bond acceptors (Lipinski definition) is 8. The topological polar surface area (TPSA) is 148 Å². The number of halogens is 2. The number of benzene rings is 3. The number of nitrogens with one attached hydrogen (secondary N) is 1. The van der Waals surface area contributed by atoms with Crippen LogP contribution in [0.4, 0.5) is 19.3 Å². The summed E-state index contributed by atoms with van der Waals surface area (Å²) in [7, 11) is -5.55. The molecule has 0 spiro atoms. The third-order valence-electron chi connectivity index (χ3n) is 8.98. The summed E-state index contributed by atoms with van der Waals surface area (Å²) in [5.74, 6) is -2.29. The minimum absolute atomic E-state index is 0.0561. The molecule has 2 aromatic heterocycles. The Hall–Kier alpha value is -4.80. The lowest BCUT2D eigenvalue weighted by atomic mass is 9.89. The molecule has 0 radical (unpaired) electrons. The van der Waals surface area contributed by atoms with Crippen molar-refractivity contribution in [2.45, 2.75) is 50.2 Å². The van der Waals surface area contributed by atoms with E-state index in [1.807, 2.05) is 0 Å². The number of hydrogen-bond donors (Lipinski definition) is 1. The van der Waals surface area contributed by atoms with Crippen LogP contribution in [0.1, 0.15) is 55.5 Å². The molecule has 12 nitrogen and oxygen atoms in total. The molecule has 5 aromatic rings. The smallest absolute Gasteiger partial charge is 0.420 e. The molecule has 1 saturated heterocycles. The van der Waals surface area contributed by atoms with Crippen molar-refractivity contribution < 1.29 is 44.4 Å². The van der Waals surface area contributed by atoms with Gasteiger partial charge in [-0.05, 0) is 87.6 Å². The molecule has 276 valence electrons. The third-order valence-corrected chi connectivity index (χ3v) is 12.0. The molecule has 1 amide bonds. The number of piperidine rings is 1. The largest absolute Gasteiger partial charge is 0.455 e. The maximum atomic E-state index is 15.2. The Morgan fingerprint density at radius 3 is 2.35 bits per heavy atom. The molecule has 1 atom stereocenters. The Labute approximate surface area is 300 Å². The zero-order valence-electron chi connectivity index (χ0n) is 29.4. The van der Waals surface area contributed by atoms with Crippen LogP contribution >= 0.6 is 0 Å². The molecule has 52 heavy (non-hydrogen) atoms. The predicted octanol–water partition coefficient (Wildman–Crippen LogP) is 6.44. The quantitative estimate of drug-likeness (QED) is 0.200. The van der Waals surface area contributed by atoms with E-state index in [4.69, 9.17) is 9.15 Å². The fourth-order valence-corrected chi connectivity index (χ4v) is 8.70. The first-order valence-electron chi connectivity index (χ1n) is 16.4. The molecule has 6 rings (SSSR count). The van der Waals surface area contributed by atoms with Crippen molar-refractivity contribution in [3.63, 3.8) is 0 Å². The number of carbonyl (C=O) groups is 2. The van der Waals surface area contributed by atoms with Gasteiger partial charge in [-0.15, -0.1) is 0 Å². The van der Waals surface area contributed by atoms with E-state index in [0.29, 0.717) is 29.4 Å². The van der Waals surface area contributed by atoms with E-state index in [-0.39, 0.29) is 46.6 Å². The molecule has 0 bridgehead atoms. The van der Waals surface area contributed by atoms with E-state index in [1.54, 1.807) is 26.8 Å². The van der Waals surface area contributed by atoms with Gasteiger partial charge in [0.2, 0.25) is 10.0 Å². The average molecular weight is 757 g/mol. The van der Waals surface area contributed by atoms with Gasteiger partial charge in [-0.25, -0.2) is 35.0 Å². The summed E-state index contributed by atoms with van der Waals surface area (Å²) in [6.45, 7) is 4.73. The zero-order chi connectivity index (χ0) is 37.9. The highest BCUT2D eigenvalue weighted by molar-refractivity contribution is 7.92. The Morgan fingerprint density at radius 1 is 1.02 bits per heavy atom. The lowest BCUT2D eigenvalue weighted by Gasteiger charge is -2.34. The number of rotatable bonds is 7. The number of fused-ring (bicyclic) bond motifs is 2. The van der Waals surface area contributed by atoms with Crippen molar-refractivity contribution in [2.75, 3.05) is 37.7 Å². The van der Waals surface area contributed by atoms with Crippen molar-refractivity contribution in [1.82, 2.24) is 14.2 Å². The third kappa shape index (κ3) is 6.77. The summed E-state index contributed by atoms with van der Waals surface area (Å²) < 4.78 is 98.4. The number of para-hydroxylation sites is 1. The van der Waals surface area contributed by atoms with Crippen LogP contribution in [-0.2, 0) is 24.8 Å². The van der Waals surface area contributed by atoms with Gasteiger partial charge in [0, 0.05) is 49.6 Å². The summed E-state index contributed by atoms with van der Waals surface area (Å²) in [6.07, 6.45) is 0.736. The second-order valence-electron chi connectivity index (χ2n) is 13.7. The van der Waals surface area contributed by atoms with E-state index >= 15 is 4.39 Å². The first-order chi connectivity index (χ1) is 24.3. The number of aromatic nitrogens is 1. The Bertz CT molecular complexity index is 2450. The van der Waals surface area contributed by atoms with Gasteiger partial charge < -0.3 is 14.5 Å². The van der Waals surface area contributed by atoms with Crippen LogP contribution < -0.4 is 9.62 Å². The molecule has 1 N–H and O–H groups in total. The molecular weight excluding hydrogens is 719 g/mol. The second kappa shape index (κ2) is 13.3. The minimum Gasteiger partial charge on any atom is -0.455 e. The Balaban J connectivity index is 1.50. The highest BCUT2D eigenvalue weighted by Gasteiger charge is 2.38. The number of carbonyl (C=O) groups excluding carboxylic acids is 2. The molecule has 16 heteroatoms. The van der Waals surface area contributed by atoms with Gasteiger partial charge in [-0.1, -0.05) is 12.1 Å². The van der Waals surface area contributed by atoms with E-state index in [1.165, 1.54) is 66.9 Å². The van der Waals surface area contributed by atoms with E-state index in [0.717, 1.165) is 21.2 Å². The highest BCUT2D eigenvalue weighted by atomic mass is 32.2. The molecule has 3 aromatic carbocycles. The first kappa shape index (κ1) is 37.0. The van der Waals surface area contributed by atoms with Gasteiger partial charge in [0.05, 0.1) is 23.0 Å². The number of furan rings is 1. The summed E-state index contributed by atoms with van der Waals surface area (Å²) in [4.78, 5) is 26.8. The lowest BCUT2D eigenvalue weighted by molar-refractivity contribution is 0.0528. The summed E-state index contributed by atoms with van der Waals surface area (Å²) in [5, 5.41) is 2.63. The predicted molar refractivity (Wildman–Crippen MR) is 193 cm³/mol. The monoisotopic (exact) mass is 756 g/mol. The highest BCUT2D eigenvalue weighted by Crippen LogP contribution is 2.43. The van der Waals surface area contributed by atoms with Crippen LogP contribution in [0, 0.1) is 11.6 Å². The SMILES string of the molecule is CNC(=O)c1c(-c2ccc(F)cc2)oc2cc(N(C)S(C)(=O)=O)c([C@@H]3CCCN(S(=O)(=O)c4cc5cccc(F)c5n4C(=O)OC(C)(C)C)C3)cc12. The zero-order valence-corrected chi connectivity index (χ0v) is 31.0. The maximum absolute atomic E-state index is 15.2. The van der Waals surface area contributed by atoms with E-state index in [2.05, 4.69) is 5.32 Å². The van der Waals surface area contributed by atoms with Gasteiger partial charge in [0.1, 0.15) is 28.6 Å². The molecule has 1 aliphatic rings. The minimum atomic E-state index is -4.49. The molecule has 3 heterocycles. The fraction of sp³-hybridized carbons (Fsp3) is 0.333. The van der Waals surface area contributed by atoms with Crippen molar-refractivity contribution in [3.8, 4) is 11.3 Å². The molecule has 1 fully saturated rings. The van der Waals surface area contributed by atoms with Gasteiger partial charge in [-0.3, -0.25) is 9.10 Å². The van der Waals surface area contributed by atoms with Crippen molar-refractivity contribution in [2.24, 2.45) is 0 Å². The van der Waals surface area contributed by atoms with Gasteiger partial charge in [0.15, 0.2) is 5.03 Å². The van der Waals surface area contributed by atoms with Crippen LogP contribution in [0.2, 0.25) is 0 Å². The van der Waals surface area contributed by atoms with Crippen LogP contribution in [0.5, 0.6) is 0 Å². The normalized spacial score (nSPS) is 16.0. The number of ether oxygens (including phenoxy) is 1. The lowest BCUT2D eigenvalue weighted by Crippen LogP contribution is -2.41. The molecule has 0 saturated carbocycles. The Kier molecular flexibility index (Phi) is 9.47. The number of anilines is 1. The average Bonchev–Trinajstić information content (AvgIpc) is 3.66. The first-order valence-corrected chi connectivity index (χ1v) is 19.7. The fourth-order valence-electron chi connectivity index (χ4n) is 6.50. The van der Waals surface area contributed by atoms with Gasteiger partial charge in [-0.2, -0.15) is 4.31 Å². The summed E-state index contributed by atoms with van der Waals surface area (Å²) in [5.41, 5.74) is 0.0726. The van der Waals surface area contributed by atoms with Crippen LogP contribution in [0.3, 0.4) is 0 Å². The molecule has 0 aliphatic carbocycles. The number of sulfonamides is 2. The molecule has 0 unspecified atom stereocenters. The second-order valence-corrected chi connectivity index (χ2v) is 17.6. The van der Waals surface area contributed by atoms with Gasteiger partial charge >= 0.3 is 6.09 Å². The Morgan fingerprint density at radius 2 is 1.71 bits per heavy atom. The molecular formula is C36H38F2N4O8S2.